The lowest BCUT2D eigenvalue weighted by molar-refractivity contribution is -0.147. The van der Waals surface area contributed by atoms with Gasteiger partial charge in [0.05, 0.1) is 24.6 Å². The Bertz CT molecular complexity index is 1710. The van der Waals surface area contributed by atoms with Gasteiger partial charge in [-0.15, -0.1) is 13.2 Å². The van der Waals surface area contributed by atoms with Crippen LogP contribution in [0, 0.1) is 5.92 Å². The van der Waals surface area contributed by atoms with Crippen LogP contribution in [0.25, 0.3) is 11.1 Å². The van der Waals surface area contributed by atoms with Crippen LogP contribution in [-0.4, -0.2) is 84.1 Å². The van der Waals surface area contributed by atoms with Gasteiger partial charge in [-0.1, -0.05) is 91.0 Å². The van der Waals surface area contributed by atoms with Gasteiger partial charge < -0.3 is 30.1 Å². The molecule has 0 saturated carbocycles. The van der Waals surface area contributed by atoms with Crippen LogP contribution in [0.3, 0.4) is 0 Å². The Morgan fingerprint density at radius 2 is 1.59 bits per heavy atom. The number of hydrogen-bond donors (Lipinski definition) is 3. The summed E-state index contributed by atoms with van der Waals surface area (Å²) in [6, 6.07) is 24.2. The number of benzene rings is 3. The van der Waals surface area contributed by atoms with Crippen LogP contribution >= 0.6 is 11.8 Å². The molecule has 0 unspecified atom stereocenters. The molecule has 10 nitrogen and oxygen atoms in total. The van der Waals surface area contributed by atoms with E-state index in [9.17, 15) is 24.3 Å². The lowest BCUT2D eigenvalue weighted by Gasteiger charge is -2.26. The van der Waals surface area contributed by atoms with Gasteiger partial charge in [0.1, 0.15) is 19.3 Å². The molecule has 1 fully saturated rings. The molecular weight excluding hydrogens is 703 g/mol. The third-order valence-electron chi connectivity index (χ3n) is 9.93. The Balaban J connectivity index is 1.21. The maximum absolute atomic E-state index is 13.7. The minimum absolute atomic E-state index is 0.0221. The third-order valence-corrected chi connectivity index (χ3v) is 11.1. The lowest BCUT2D eigenvalue weighted by atomic mass is 9.98. The molecule has 2 aliphatic rings. The summed E-state index contributed by atoms with van der Waals surface area (Å²) in [5, 5.41) is 15.4. The van der Waals surface area contributed by atoms with Gasteiger partial charge in [-0.25, -0.2) is 9.59 Å². The summed E-state index contributed by atoms with van der Waals surface area (Å²) < 4.78 is 11.5. The number of thioether (sulfide) groups is 1. The van der Waals surface area contributed by atoms with Crippen LogP contribution in [0.15, 0.2) is 104 Å². The van der Waals surface area contributed by atoms with Crippen molar-refractivity contribution in [3.8, 4) is 11.1 Å². The molecule has 0 bridgehead atoms. The van der Waals surface area contributed by atoms with E-state index in [4.69, 9.17) is 9.47 Å². The van der Waals surface area contributed by atoms with E-state index >= 15 is 0 Å². The van der Waals surface area contributed by atoms with Crippen molar-refractivity contribution in [3.63, 3.8) is 0 Å². The first-order chi connectivity index (χ1) is 26.3. The van der Waals surface area contributed by atoms with E-state index in [2.05, 4.69) is 35.9 Å². The van der Waals surface area contributed by atoms with E-state index in [1.165, 1.54) is 0 Å². The largest absolute Gasteiger partial charge is 0.462 e. The summed E-state index contributed by atoms with van der Waals surface area (Å²) in [5.74, 6) is -0.880. The maximum atomic E-state index is 13.7. The summed E-state index contributed by atoms with van der Waals surface area (Å²) >= 11 is 1.58. The second-order valence-corrected chi connectivity index (χ2v) is 14.7. The highest BCUT2D eigenvalue weighted by atomic mass is 32.2. The van der Waals surface area contributed by atoms with Gasteiger partial charge in [0.25, 0.3) is 0 Å². The van der Waals surface area contributed by atoms with Crippen molar-refractivity contribution >= 4 is 35.6 Å². The molecule has 4 atom stereocenters. The van der Waals surface area contributed by atoms with Gasteiger partial charge in [-0.2, -0.15) is 11.8 Å². The first kappa shape index (κ1) is 40.3. The molecule has 5 rings (SSSR count). The summed E-state index contributed by atoms with van der Waals surface area (Å²) in [6.07, 6.45) is 5.05. The van der Waals surface area contributed by atoms with Crippen LogP contribution in [0.1, 0.15) is 61.1 Å². The molecule has 1 heterocycles. The molecule has 1 aliphatic carbocycles. The zero-order chi connectivity index (χ0) is 38.3. The molecule has 3 aromatic carbocycles. The number of aliphatic hydroxyl groups is 1. The van der Waals surface area contributed by atoms with Crippen molar-refractivity contribution in [3.05, 3.63) is 121 Å². The van der Waals surface area contributed by atoms with E-state index in [0.29, 0.717) is 24.5 Å². The predicted molar refractivity (Wildman–Crippen MR) is 212 cm³/mol. The highest BCUT2D eigenvalue weighted by molar-refractivity contribution is 7.98. The van der Waals surface area contributed by atoms with Gasteiger partial charge in [0.15, 0.2) is 0 Å². The average molecular weight is 754 g/mol. The number of esters is 1. The van der Waals surface area contributed by atoms with Gasteiger partial charge in [0.2, 0.25) is 11.8 Å². The fourth-order valence-electron chi connectivity index (χ4n) is 7.11. The number of likely N-dealkylation sites (tertiary alicyclic amines) is 1. The number of amides is 3. The van der Waals surface area contributed by atoms with Crippen molar-refractivity contribution in [2.75, 3.05) is 32.1 Å². The van der Waals surface area contributed by atoms with Crippen molar-refractivity contribution < 1.29 is 33.8 Å². The second-order valence-electron chi connectivity index (χ2n) is 13.7. The molecule has 286 valence electrons. The highest BCUT2D eigenvalue weighted by Crippen LogP contribution is 2.44. The SMILES string of the molecule is C=CCC[C@H](NC(=O)OCC1c2ccccc2-c2ccccc21)C(=O)OC[C@H](CSCc1ccccc1)NC(=O)[C@@H](CC=C)CC(=O)N1CCC[C@H]1CO. The fraction of sp³-hybridized carbons (Fsp3) is 0.395. The Morgan fingerprint density at radius 3 is 2.26 bits per heavy atom. The van der Waals surface area contributed by atoms with Crippen molar-refractivity contribution in [1.29, 1.82) is 0 Å². The summed E-state index contributed by atoms with van der Waals surface area (Å²) in [4.78, 5) is 55.2. The number of carbonyl (C=O) groups excluding carboxylic acids is 4. The van der Waals surface area contributed by atoms with Gasteiger partial charge in [-0.3, -0.25) is 9.59 Å². The molecular formula is C43H51N3O7S. The number of fused-ring (bicyclic) bond motifs is 3. The van der Waals surface area contributed by atoms with Crippen LogP contribution in [0.4, 0.5) is 4.79 Å². The highest BCUT2D eigenvalue weighted by Gasteiger charge is 2.33. The molecule has 3 amide bonds. The van der Waals surface area contributed by atoms with Crippen LogP contribution in [0.5, 0.6) is 0 Å². The number of nitrogens with one attached hydrogen (secondary N) is 2. The standard InChI is InChI=1S/C43H51N3O7S/c1-3-5-22-39(45-43(51)53-27-38-36-20-11-9-18-34(36)35-19-10-12-21-37(35)38)42(50)52-26-32(29-54-28-30-15-7-6-8-16-30)44-41(49)31(14-4-2)24-40(48)46-23-13-17-33(46)25-47/h3-4,6-12,15-16,18-21,31-33,38-39,47H,1-2,5,13-14,17,22-29H2,(H,44,49)(H,45,51)/t31-,32+,33-,39-/m0/s1. The number of aliphatic hydroxyl groups excluding tert-OH is 1. The van der Waals surface area contributed by atoms with Crippen LogP contribution in [0.2, 0.25) is 0 Å². The monoisotopic (exact) mass is 753 g/mol. The number of ether oxygens (including phenoxy) is 2. The quantitative estimate of drug-likeness (QED) is 0.0894. The molecule has 1 aliphatic heterocycles. The smallest absolute Gasteiger partial charge is 0.407 e. The number of allylic oxidation sites excluding steroid dienone is 2. The number of rotatable bonds is 20. The van der Waals surface area contributed by atoms with E-state index in [1.54, 1.807) is 28.8 Å². The predicted octanol–water partition coefficient (Wildman–Crippen LogP) is 6.39. The lowest BCUT2D eigenvalue weighted by Crippen LogP contribution is -2.47. The maximum Gasteiger partial charge on any atom is 0.407 e. The second kappa shape index (κ2) is 20.5. The van der Waals surface area contributed by atoms with Crippen molar-refractivity contribution in [2.45, 2.75) is 68.3 Å². The number of hydrogen-bond acceptors (Lipinski definition) is 8. The molecule has 3 aromatic rings. The van der Waals surface area contributed by atoms with Crippen molar-refractivity contribution in [1.82, 2.24) is 15.5 Å². The normalized spacial score (nSPS) is 16.3. The zero-order valence-electron chi connectivity index (χ0n) is 30.7. The average Bonchev–Trinajstić information content (AvgIpc) is 3.80. The molecule has 11 heteroatoms. The Morgan fingerprint density at radius 1 is 0.907 bits per heavy atom. The minimum Gasteiger partial charge on any atom is -0.462 e. The Hall–Kier alpha value is -4.87. The molecule has 0 radical (unpaired) electrons. The van der Waals surface area contributed by atoms with Crippen LogP contribution in [-0.2, 0) is 29.6 Å². The molecule has 54 heavy (non-hydrogen) atoms. The summed E-state index contributed by atoms with van der Waals surface area (Å²) in [6.45, 7) is 7.96. The number of carbonyl (C=O) groups is 4. The van der Waals surface area contributed by atoms with Crippen molar-refractivity contribution in [2.24, 2.45) is 5.92 Å². The van der Waals surface area contributed by atoms with E-state index in [1.807, 2.05) is 66.7 Å². The topological polar surface area (TPSA) is 134 Å². The fourth-order valence-corrected chi connectivity index (χ4v) is 8.12. The Kier molecular flexibility index (Phi) is 15.3. The van der Waals surface area contributed by atoms with E-state index in [0.717, 1.165) is 40.7 Å². The van der Waals surface area contributed by atoms with Gasteiger partial charge in [-0.05, 0) is 59.9 Å². The number of nitrogens with zero attached hydrogens (tertiary/aromatic N) is 1. The van der Waals surface area contributed by atoms with Crippen LogP contribution < -0.4 is 10.6 Å². The summed E-state index contributed by atoms with van der Waals surface area (Å²) in [5.41, 5.74) is 5.50. The zero-order valence-corrected chi connectivity index (χ0v) is 31.5. The number of alkyl carbamates (subject to hydrolysis) is 1. The van der Waals surface area contributed by atoms with Gasteiger partial charge in [0, 0.05) is 30.4 Å². The first-order valence-corrected chi connectivity index (χ1v) is 19.8. The third kappa shape index (κ3) is 10.9. The van der Waals surface area contributed by atoms with E-state index in [-0.39, 0.29) is 62.9 Å². The van der Waals surface area contributed by atoms with E-state index < -0.39 is 30.1 Å². The molecule has 3 N–H and O–H groups in total. The molecule has 0 spiro atoms. The van der Waals surface area contributed by atoms with Gasteiger partial charge >= 0.3 is 12.1 Å². The first-order valence-electron chi connectivity index (χ1n) is 18.6. The summed E-state index contributed by atoms with van der Waals surface area (Å²) in [7, 11) is 0. The molecule has 0 aromatic heterocycles. The Labute approximate surface area is 322 Å². The minimum atomic E-state index is -1.00. The molecule has 1 saturated heterocycles.